The van der Waals surface area contributed by atoms with E-state index in [1.54, 1.807) is 31.2 Å². The Kier molecular flexibility index (Phi) is 11.7. The van der Waals surface area contributed by atoms with Gasteiger partial charge in [-0.2, -0.15) is 18.2 Å². The molecular formula is C38H49F3N6O9S. The zero-order valence-corrected chi connectivity index (χ0v) is 33.2. The smallest absolute Gasteiger partial charge is 0.427 e. The SMILES string of the molecule is COc1cc2ccccc2c(O[C@@H]2C[C@H]3C(=O)N[C@]4(C(=O)NS(=O)(=O)C5CC5)C[C@H]4/C=C\CC[C@H](C)C[C@@H](C)[C@H](NNC(=O)OC(C)(C)C(F)(F)F)C(=O)N3C2)n1. The summed E-state index contributed by atoms with van der Waals surface area (Å²) in [7, 11) is -2.52. The van der Waals surface area contributed by atoms with E-state index in [2.05, 4.69) is 30.6 Å². The van der Waals surface area contributed by atoms with Crippen LogP contribution in [0.2, 0.25) is 0 Å². The molecule has 0 spiro atoms. The number of aromatic nitrogens is 1. The van der Waals surface area contributed by atoms with Gasteiger partial charge in [0.1, 0.15) is 23.7 Å². The van der Waals surface area contributed by atoms with Crippen LogP contribution in [0.15, 0.2) is 42.5 Å². The molecule has 4 amide bonds. The summed E-state index contributed by atoms with van der Waals surface area (Å²) in [6, 6.07) is 6.42. The highest BCUT2D eigenvalue weighted by molar-refractivity contribution is 7.91. The molecule has 57 heavy (non-hydrogen) atoms. The Morgan fingerprint density at radius 1 is 1.07 bits per heavy atom. The highest BCUT2D eigenvalue weighted by atomic mass is 32.2. The summed E-state index contributed by atoms with van der Waals surface area (Å²) in [6.45, 7) is 4.91. The molecule has 2 saturated carbocycles. The van der Waals surface area contributed by atoms with Crippen molar-refractivity contribution in [1.82, 2.24) is 30.8 Å². The van der Waals surface area contributed by atoms with Crippen molar-refractivity contribution in [2.24, 2.45) is 17.8 Å². The molecule has 3 heterocycles. The number of benzene rings is 1. The highest BCUT2D eigenvalue weighted by Crippen LogP contribution is 2.46. The van der Waals surface area contributed by atoms with Crippen LogP contribution in [0.3, 0.4) is 0 Å². The summed E-state index contributed by atoms with van der Waals surface area (Å²) in [4.78, 5) is 61.3. The van der Waals surface area contributed by atoms with Gasteiger partial charge in [-0.1, -0.05) is 44.2 Å². The minimum Gasteiger partial charge on any atom is -0.481 e. The van der Waals surface area contributed by atoms with Crippen LogP contribution in [0.25, 0.3) is 10.8 Å². The first kappa shape index (κ1) is 42.0. The van der Waals surface area contributed by atoms with Gasteiger partial charge in [0, 0.05) is 23.8 Å². The number of sulfonamides is 1. The summed E-state index contributed by atoms with van der Waals surface area (Å²) in [5, 5.41) is 3.49. The Labute approximate surface area is 328 Å². The van der Waals surface area contributed by atoms with Crippen LogP contribution in [-0.2, 0) is 29.1 Å². The first-order chi connectivity index (χ1) is 26.7. The predicted molar refractivity (Wildman–Crippen MR) is 200 cm³/mol. The molecule has 1 aromatic heterocycles. The second kappa shape index (κ2) is 15.9. The van der Waals surface area contributed by atoms with Crippen molar-refractivity contribution in [1.29, 1.82) is 0 Å². The molecule has 2 aliphatic carbocycles. The number of methoxy groups -OCH3 is 1. The molecule has 1 saturated heterocycles. The number of nitrogens with one attached hydrogen (secondary N) is 4. The van der Waals surface area contributed by atoms with Crippen LogP contribution >= 0.6 is 0 Å². The molecule has 1 aromatic carbocycles. The topological polar surface area (TPSA) is 194 Å². The number of hydrogen-bond acceptors (Lipinski definition) is 11. The molecule has 4 N–H and O–H groups in total. The number of fused-ring (bicyclic) bond motifs is 3. The Morgan fingerprint density at radius 3 is 2.47 bits per heavy atom. The third kappa shape index (κ3) is 9.24. The summed E-state index contributed by atoms with van der Waals surface area (Å²) in [5.74, 6) is -2.93. The van der Waals surface area contributed by atoms with Gasteiger partial charge >= 0.3 is 12.3 Å². The monoisotopic (exact) mass is 822 g/mol. The van der Waals surface area contributed by atoms with E-state index in [1.807, 2.05) is 25.1 Å². The molecule has 2 aliphatic heterocycles. The number of allylic oxidation sites excluding steroid dienone is 1. The number of nitrogens with zero attached hydrogens (tertiary/aromatic N) is 2. The first-order valence-corrected chi connectivity index (χ1v) is 20.6. The number of rotatable bonds is 9. The van der Waals surface area contributed by atoms with Crippen LogP contribution < -0.4 is 30.4 Å². The molecule has 19 heteroatoms. The second-order valence-corrected chi connectivity index (χ2v) is 18.0. The number of amides is 4. The summed E-state index contributed by atoms with van der Waals surface area (Å²) in [5.41, 5.74) is 0.249. The molecule has 6 rings (SSSR count). The summed E-state index contributed by atoms with van der Waals surface area (Å²) >= 11 is 0. The molecule has 3 fully saturated rings. The molecule has 2 aromatic rings. The molecular weight excluding hydrogens is 774 g/mol. The van der Waals surface area contributed by atoms with Gasteiger partial charge < -0.3 is 24.4 Å². The number of hydrazine groups is 1. The predicted octanol–water partition coefficient (Wildman–Crippen LogP) is 4.03. The summed E-state index contributed by atoms with van der Waals surface area (Å²) < 4.78 is 84.9. The highest BCUT2D eigenvalue weighted by Gasteiger charge is 2.62. The third-order valence-electron chi connectivity index (χ3n) is 11.1. The van der Waals surface area contributed by atoms with Crippen molar-refractivity contribution in [3.8, 4) is 11.8 Å². The van der Waals surface area contributed by atoms with Crippen LogP contribution in [0.5, 0.6) is 11.8 Å². The number of pyridine rings is 1. The van der Waals surface area contributed by atoms with E-state index < -0.39 is 86.4 Å². The number of halogens is 3. The van der Waals surface area contributed by atoms with Gasteiger partial charge in [0.2, 0.25) is 39.2 Å². The lowest BCUT2D eigenvalue weighted by Crippen LogP contribution is -2.60. The van der Waals surface area contributed by atoms with Gasteiger partial charge in [-0.05, 0) is 75.7 Å². The van der Waals surface area contributed by atoms with E-state index >= 15 is 0 Å². The summed E-state index contributed by atoms with van der Waals surface area (Å²) in [6.07, 6.45) is -1.01. The van der Waals surface area contributed by atoms with E-state index in [0.717, 1.165) is 5.39 Å². The van der Waals surface area contributed by atoms with E-state index in [9.17, 15) is 40.8 Å². The zero-order chi connectivity index (χ0) is 41.5. The molecule has 0 unspecified atom stereocenters. The molecule has 15 nitrogen and oxygen atoms in total. The standard InChI is InChI=1S/C38H49F3N6O9S/c1-21-10-6-8-12-24-19-37(24,34(50)46-57(52,53)26-14-15-26)43-31(48)28-18-25(55-32-27-13-9-7-11-23(27)17-29(42-32)54-5)20-47(28)33(49)30(22(2)16-21)44-45-35(51)56-36(3,4)38(39,40)41/h7-9,11-13,17,21-22,24-26,28,30,44H,6,10,14-16,18-20H2,1-5H3,(H,43,48)(H,45,51)(H,46,50)/b12-8-/t21-,22+,24+,25+,28-,30-,37+/m0/s1. The van der Waals surface area contributed by atoms with Gasteiger partial charge in [0.05, 0.1) is 18.9 Å². The molecule has 0 radical (unpaired) electrons. The zero-order valence-electron chi connectivity index (χ0n) is 32.4. The van der Waals surface area contributed by atoms with Crippen LogP contribution in [-0.4, -0.2) is 96.5 Å². The van der Waals surface area contributed by atoms with Crippen molar-refractivity contribution in [3.63, 3.8) is 0 Å². The maximum atomic E-state index is 14.7. The van der Waals surface area contributed by atoms with Gasteiger partial charge in [-0.15, -0.1) is 0 Å². The van der Waals surface area contributed by atoms with Crippen molar-refractivity contribution >= 4 is 44.6 Å². The Balaban J connectivity index is 1.33. The van der Waals surface area contributed by atoms with Gasteiger partial charge in [0.25, 0.3) is 5.91 Å². The number of carbonyl (C=O) groups is 4. The second-order valence-electron chi connectivity index (χ2n) is 16.1. The maximum Gasteiger partial charge on any atom is 0.427 e. The van der Waals surface area contributed by atoms with Crippen molar-refractivity contribution in [2.75, 3.05) is 13.7 Å². The quantitative estimate of drug-likeness (QED) is 0.211. The largest absolute Gasteiger partial charge is 0.481 e. The van der Waals surface area contributed by atoms with E-state index in [4.69, 9.17) is 9.47 Å². The Morgan fingerprint density at radius 2 is 1.79 bits per heavy atom. The van der Waals surface area contributed by atoms with Gasteiger partial charge in [-0.3, -0.25) is 24.5 Å². The van der Waals surface area contributed by atoms with E-state index in [0.29, 0.717) is 51.3 Å². The average Bonchev–Trinajstić information content (AvgIpc) is 4.06. The fourth-order valence-electron chi connectivity index (χ4n) is 7.45. The van der Waals surface area contributed by atoms with Gasteiger partial charge in [0.15, 0.2) is 0 Å². The lowest BCUT2D eigenvalue weighted by atomic mass is 9.88. The maximum absolute atomic E-state index is 14.7. The lowest BCUT2D eigenvalue weighted by molar-refractivity contribution is -0.244. The molecule has 0 bridgehead atoms. The molecule has 7 atom stereocenters. The number of carbonyl (C=O) groups excluding carboxylic acids is 4. The number of alkyl halides is 3. The van der Waals surface area contributed by atoms with Crippen molar-refractivity contribution in [3.05, 3.63) is 42.5 Å². The fraction of sp³-hybridized carbons (Fsp3) is 0.605. The number of ether oxygens (including phenoxy) is 3. The Hall–Kier alpha value is -4.65. The number of hydrogen-bond donors (Lipinski definition) is 4. The third-order valence-corrected chi connectivity index (χ3v) is 13.0. The van der Waals surface area contributed by atoms with Gasteiger partial charge in [-0.25, -0.2) is 18.6 Å². The van der Waals surface area contributed by atoms with E-state index in [-0.39, 0.29) is 37.1 Å². The first-order valence-electron chi connectivity index (χ1n) is 19.0. The van der Waals surface area contributed by atoms with Crippen molar-refractivity contribution < 1.29 is 55.0 Å². The van der Waals surface area contributed by atoms with Crippen LogP contribution in [0.1, 0.15) is 72.6 Å². The Bertz CT molecular complexity index is 2030. The fourth-order valence-corrected chi connectivity index (χ4v) is 8.81. The molecule has 312 valence electrons. The minimum atomic E-state index is -4.88. The minimum absolute atomic E-state index is 0.0107. The molecule has 4 aliphatic rings. The van der Waals surface area contributed by atoms with Crippen LogP contribution in [0, 0.1) is 17.8 Å². The average molecular weight is 823 g/mol. The van der Waals surface area contributed by atoms with E-state index in [1.165, 1.54) is 12.0 Å². The normalized spacial score (nSPS) is 29.2. The lowest BCUT2D eigenvalue weighted by Gasteiger charge is -2.33. The van der Waals surface area contributed by atoms with Crippen molar-refractivity contribution in [2.45, 2.75) is 113 Å². The van der Waals surface area contributed by atoms with Crippen LogP contribution in [0.4, 0.5) is 18.0 Å².